The largest absolute Gasteiger partial charge is 0.481 e. The van der Waals surface area contributed by atoms with E-state index < -0.39 is 23.6 Å². The zero-order valence-corrected chi connectivity index (χ0v) is 13.3. The van der Waals surface area contributed by atoms with Crippen molar-refractivity contribution in [2.45, 2.75) is 32.3 Å². The second-order valence-electron chi connectivity index (χ2n) is 6.13. The van der Waals surface area contributed by atoms with Crippen molar-refractivity contribution in [3.63, 3.8) is 0 Å². The minimum Gasteiger partial charge on any atom is -0.481 e. The standard InChI is InChI=1S/C16H20N2O5/c1-16(2,3)23-22-15(21)18-9-12(14(19)20)11-8-17-13-7-5-4-6-10(11)13/h4-8,12,17H,9H2,1-3H3,(H,18,21)(H,19,20)/t12-/m1/s1. The van der Waals surface area contributed by atoms with Crippen LogP contribution in [-0.2, 0) is 14.6 Å². The number of fused-ring (bicyclic) bond motifs is 1. The Morgan fingerprint density at radius 3 is 2.65 bits per heavy atom. The van der Waals surface area contributed by atoms with Crippen molar-refractivity contribution in [2.75, 3.05) is 6.54 Å². The van der Waals surface area contributed by atoms with Crippen molar-refractivity contribution in [3.05, 3.63) is 36.0 Å². The van der Waals surface area contributed by atoms with Gasteiger partial charge in [0.05, 0.1) is 0 Å². The van der Waals surface area contributed by atoms with Gasteiger partial charge in [-0.15, -0.1) is 0 Å². The van der Waals surface area contributed by atoms with Crippen molar-refractivity contribution < 1.29 is 24.5 Å². The number of rotatable bonds is 5. The van der Waals surface area contributed by atoms with Crippen molar-refractivity contribution in [1.29, 1.82) is 0 Å². The van der Waals surface area contributed by atoms with Gasteiger partial charge in [-0.1, -0.05) is 18.2 Å². The first-order valence-electron chi connectivity index (χ1n) is 7.20. The number of carboxylic acids is 1. The normalized spacial score (nSPS) is 12.8. The van der Waals surface area contributed by atoms with Gasteiger partial charge in [-0.25, -0.2) is 4.79 Å². The highest BCUT2D eigenvalue weighted by atomic mass is 17.2. The number of aliphatic carboxylic acids is 1. The Morgan fingerprint density at radius 1 is 1.30 bits per heavy atom. The van der Waals surface area contributed by atoms with Gasteiger partial charge in [-0.3, -0.25) is 9.68 Å². The minimum atomic E-state index is -1.04. The van der Waals surface area contributed by atoms with Crippen LogP contribution < -0.4 is 5.32 Å². The van der Waals surface area contributed by atoms with Crippen LogP contribution in [0.3, 0.4) is 0 Å². The number of amides is 1. The van der Waals surface area contributed by atoms with E-state index in [2.05, 4.69) is 15.2 Å². The summed E-state index contributed by atoms with van der Waals surface area (Å²) < 4.78 is 0. The Balaban J connectivity index is 2.05. The number of hydrogen-bond acceptors (Lipinski definition) is 4. The number of carbonyl (C=O) groups excluding carboxylic acids is 1. The first-order chi connectivity index (χ1) is 10.8. The second kappa shape index (κ2) is 6.70. The number of aromatic amines is 1. The quantitative estimate of drug-likeness (QED) is 0.581. The van der Waals surface area contributed by atoms with Gasteiger partial charge >= 0.3 is 12.1 Å². The molecular weight excluding hydrogens is 300 g/mol. The average Bonchev–Trinajstić information content (AvgIpc) is 2.88. The van der Waals surface area contributed by atoms with Crippen LogP contribution in [0, 0.1) is 0 Å². The first kappa shape index (κ1) is 16.8. The SMILES string of the molecule is CC(C)(C)OOC(=O)NC[C@@H](C(=O)O)c1c[nH]c2ccccc12. The molecule has 0 unspecified atom stereocenters. The molecule has 0 aliphatic rings. The molecule has 2 aromatic rings. The molecule has 1 aromatic carbocycles. The lowest BCUT2D eigenvalue weighted by atomic mass is 9.99. The summed E-state index contributed by atoms with van der Waals surface area (Å²) in [5.74, 6) is -1.93. The van der Waals surface area contributed by atoms with Gasteiger partial charge in [-0.2, -0.15) is 4.89 Å². The summed E-state index contributed by atoms with van der Waals surface area (Å²) in [7, 11) is 0. The molecule has 0 spiro atoms. The lowest BCUT2D eigenvalue weighted by Gasteiger charge is -2.17. The van der Waals surface area contributed by atoms with Crippen molar-refractivity contribution >= 4 is 23.0 Å². The monoisotopic (exact) mass is 320 g/mol. The van der Waals surface area contributed by atoms with E-state index in [1.807, 2.05) is 24.3 Å². The Labute approximate surface area is 133 Å². The lowest BCUT2D eigenvalue weighted by molar-refractivity contribution is -0.300. The Bertz CT molecular complexity index is 702. The summed E-state index contributed by atoms with van der Waals surface area (Å²) >= 11 is 0. The van der Waals surface area contributed by atoms with Gasteiger partial charge in [0.1, 0.15) is 11.5 Å². The molecule has 0 fully saturated rings. The molecule has 0 radical (unpaired) electrons. The predicted molar refractivity (Wildman–Crippen MR) is 84.0 cm³/mol. The fraction of sp³-hybridized carbons (Fsp3) is 0.375. The summed E-state index contributed by atoms with van der Waals surface area (Å²) in [5, 5.41) is 12.7. The highest BCUT2D eigenvalue weighted by Gasteiger charge is 2.24. The molecule has 0 saturated carbocycles. The molecule has 1 atom stereocenters. The van der Waals surface area contributed by atoms with E-state index in [4.69, 9.17) is 4.89 Å². The van der Waals surface area contributed by atoms with Gasteiger partial charge in [0.25, 0.3) is 0 Å². The van der Waals surface area contributed by atoms with E-state index in [0.717, 1.165) is 10.9 Å². The number of carboxylic acid groups (broad SMARTS) is 1. The van der Waals surface area contributed by atoms with Crippen molar-refractivity contribution in [3.8, 4) is 0 Å². The van der Waals surface area contributed by atoms with Crippen molar-refractivity contribution in [1.82, 2.24) is 10.3 Å². The molecule has 0 bridgehead atoms. The fourth-order valence-corrected chi connectivity index (χ4v) is 2.09. The van der Waals surface area contributed by atoms with Crippen LogP contribution in [-0.4, -0.2) is 34.3 Å². The van der Waals surface area contributed by atoms with E-state index in [9.17, 15) is 14.7 Å². The lowest BCUT2D eigenvalue weighted by Crippen LogP contribution is -2.34. The minimum absolute atomic E-state index is 0.108. The number of carbonyl (C=O) groups is 2. The van der Waals surface area contributed by atoms with Gasteiger partial charge in [0, 0.05) is 23.6 Å². The van der Waals surface area contributed by atoms with E-state index >= 15 is 0 Å². The fourth-order valence-electron chi connectivity index (χ4n) is 2.09. The van der Waals surface area contributed by atoms with E-state index in [1.165, 1.54) is 0 Å². The zero-order valence-electron chi connectivity index (χ0n) is 13.3. The maximum atomic E-state index is 11.6. The molecule has 1 aromatic heterocycles. The maximum Gasteiger partial charge on any atom is 0.438 e. The Hall–Kier alpha value is -2.54. The summed E-state index contributed by atoms with van der Waals surface area (Å²) in [4.78, 5) is 35.6. The number of H-pyrrole nitrogens is 1. The number of hydrogen-bond donors (Lipinski definition) is 3. The maximum absolute atomic E-state index is 11.6. The zero-order chi connectivity index (χ0) is 17.0. The summed E-state index contributed by atoms with van der Waals surface area (Å²) in [6, 6.07) is 7.38. The molecule has 2 rings (SSSR count). The molecule has 124 valence electrons. The number of para-hydroxylation sites is 1. The third-order valence-electron chi connectivity index (χ3n) is 3.11. The number of benzene rings is 1. The van der Waals surface area contributed by atoms with Gasteiger partial charge < -0.3 is 15.4 Å². The molecule has 3 N–H and O–H groups in total. The van der Waals surface area contributed by atoms with Crippen LogP contribution in [0.5, 0.6) is 0 Å². The van der Waals surface area contributed by atoms with Gasteiger partial charge in [0.2, 0.25) is 0 Å². The third kappa shape index (κ3) is 4.46. The molecule has 7 nitrogen and oxygen atoms in total. The molecule has 0 aliphatic heterocycles. The van der Waals surface area contributed by atoms with E-state index in [0.29, 0.717) is 5.56 Å². The molecule has 0 aliphatic carbocycles. The van der Waals surface area contributed by atoms with Gasteiger partial charge in [-0.05, 0) is 32.4 Å². The highest BCUT2D eigenvalue weighted by molar-refractivity contribution is 5.89. The molecule has 1 amide bonds. The summed E-state index contributed by atoms with van der Waals surface area (Å²) in [6.07, 6.45) is 0.813. The van der Waals surface area contributed by atoms with Gasteiger partial charge in [0.15, 0.2) is 0 Å². The Kier molecular flexibility index (Phi) is 4.90. The highest BCUT2D eigenvalue weighted by Crippen LogP contribution is 2.25. The smallest absolute Gasteiger partial charge is 0.438 e. The molecular formula is C16H20N2O5. The van der Waals surface area contributed by atoms with Crippen molar-refractivity contribution in [2.24, 2.45) is 0 Å². The first-order valence-corrected chi connectivity index (χ1v) is 7.20. The summed E-state index contributed by atoms with van der Waals surface area (Å²) in [6.45, 7) is 5.08. The van der Waals surface area contributed by atoms with Crippen LogP contribution in [0.4, 0.5) is 4.79 Å². The molecule has 7 heteroatoms. The van der Waals surface area contributed by atoms with Crippen LogP contribution in [0.15, 0.2) is 30.5 Å². The van der Waals surface area contributed by atoms with E-state index in [-0.39, 0.29) is 6.54 Å². The van der Waals surface area contributed by atoms with Crippen LogP contribution in [0.2, 0.25) is 0 Å². The van der Waals surface area contributed by atoms with Crippen LogP contribution in [0.1, 0.15) is 32.3 Å². The predicted octanol–water partition coefficient (Wildman–Crippen LogP) is 2.79. The van der Waals surface area contributed by atoms with Crippen LogP contribution >= 0.6 is 0 Å². The van der Waals surface area contributed by atoms with E-state index in [1.54, 1.807) is 27.0 Å². The number of nitrogens with one attached hydrogen (secondary N) is 2. The molecule has 23 heavy (non-hydrogen) atoms. The Morgan fingerprint density at radius 2 is 2.00 bits per heavy atom. The number of aromatic nitrogens is 1. The second-order valence-corrected chi connectivity index (χ2v) is 6.13. The third-order valence-corrected chi connectivity index (χ3v) is 3.11. The molecule has 0 saturated heterocycles. The molecule has 1 heterocycles. The average molecular weight is 320 g/mol. The topological polar surface area (TPSA) is 101 Å². The summed E-state index contributed by atoms with van der Waals surface area (Å²) in [5.41, 5.74) is 0.804. The van der Waals surface area contributed by atoms with Crippen LogP contribution in [0.25, 0.3) is 10.9 Å².